The molecule has 6 heteroatoms. The Bertz CT molecular complexity index is 1050. The maximum Gasteiger partial charge on any atom is 0.254 e. The van der Waals surface area contributed by atoms with Crippen LogP contribution in [0.2, 0.25) is 0 Å². The number of rotatable bonds is 4. The fourth-order valence-electron chi connectivity index (χ4n) is 4.15. The van der Waals surface area contributed by atoms with Gasteiger partial charge in [0.1, 0.15) is 17.1 Å². The molecule has 2 aromatic rings. The summed E-state index contributed by atoms with van der Waals surface area (Å²) in [5.74, 6) is -2.71. The van der Waals surface area contributed by atoms with Gasteiger partial charge in [0.25, 0.3) is 5.79 Å². The number of hydrogen-bond acceptors (Lipinski definition) is 6. The maximum atomic E-state index is 13.6. The predicted octanol–water partition coefficient (Wildman–Crippen LogP) is 3.42. The predicted molar refractivity (Wildman–Crippen MR) is 110 cm³/mol. The Morgan fingerprint density at radius 3 is 2.40 bits per heavy atom. The first kappa shape index (κ1) is 20.1. The van der Waals surface area contributed by atoms with Crippen LogP contribution in [0, 0.1) is 0 Å². The summed E-state index contributed by atoms with van der Waals surface area (Å²) in [5.41, 5.74) is -0.329. The Morgan fingerprint density at radius 2 is 1.70 bits per heavy atom. The van der Waals surface area contributed by atoms with E-state index in [0.29, 0.717) is 5.75 Å². The van der Waals surface area contributed by atoms with Crippen molar-refractivity contribution in [2.45, 2.75) is 24.2 Å². The first-order valence-corrected chi connectivity index (χ1v) is 9.58. The number of Topliss-reactive ketones (excluding diaryl/α,β-unsaturated/α-hetero) is 2. The molecular weight excluding hydrogens is 384 g/mol. The van der Waals surface area contributed by atoms with Gasteiger partial charge >= 0.3 is 0 Å². The van der Waals surface area contributed by atoms with Crippen molar-refractivity contribution < 1.29 is 28.9 Å². The average molecular weight is 406 g/mol. The normalized spacial score (nSPS) is 27.4. The van der Waals surface area contributed by atoms with Crippen LogP contribution in [0.4, 0.5) is 0 Å². The van der Waals surface area contributed by atoms with E-state index in [0.717, 1.165) is 11.1 Å². The van der Waals surface area contributed by atoms with Crippen LogP contribution < -0.4 is 4.74 Å². The molecule has 1 saturated carbocycles. The van der Waals surface area contributed by atoms with Gasteiger partial charge in [0.15, 0.2) is 5.78 Å². The number of aliphatic hydroxyl groups excluding tert-OH is 1. The van der Waals surface area contributed by atoms with Crippen molar-refractivity contribution in [1.29, 1.82) is 0 Å². The molecule has 0 amide bonds. The summed E-state index contributed by atoms with van der Waals surface area (Å²) < 4.78 is 17.4. The quantitative estimate of drug-likeness (QED) is 0.476. The summed E-state index contributed by atoms with van der Waals surface area (Å²) in [7, 11) is 2.76. The van der Waals surface area contributed by atoms with Crippen LogP contribution in [0.25, 0.3) is 6.08 Å². The van der Waals surface area contributed by atoms with E-state index in [9.17, 15) is 14.7 Å². The number of allylic oxidation sites excluding steroid dienone is 1. The highest BCUT2D eigenvalue weighted by Gasteiger charge is 2.68. The van der Waals surface area contributed by atoms with E-state index < -0.39 is 28.7 Å². The molecule has 30 heavy (non-hydrogen) atoms. The van der Waals surface area contributed by atoms with Crippen LogP contribution in [0.5, 0.6) is 5.75 Å². The summed E-state index contributed by atoms with van der Waals surface area (Å²) in [6.45, 7) is 0. The number of carbonyl (C=O) groups is 2. The standard InChI is InChI=1S/C24H22O6/c1-28-23-14-17-10-6-7-11-20(17)30-24(23,29-2)15-19(26)21(22(23)27)18(25)13-12-16-8-4-3-5-9-16/h3-13,25H,14-15H2,1-2H3/b13-12+,21-18+. The smallest absolute Gasteiger partial charge is 0.254 e. The number of hydrogen-bond donors (Lipinski definition) is 1. The lowest BCUT2D eigenvalue weighted by atomic mass is 9.69. The molecule has 4 rings (SSSR count). The highest BCUT2D eigenvalue weighted by Crippen LogP contribution is 2.49. The molecule has 1 aliphatic carbocycles. The number of ketones is 2. The summed E-state index contributed by atoms with van der Waals surface area (Å²) in [6, 6.07) is 16.5. The van der Waals surface area contributed by atoms with E-state index in [1.807, 2.05) is 42.5 Å². The van der Waals surface area contributed by atoms with Crippen molar-refractivity contribution in [2.75, 3.05) is 14.2 Å². The SMILES string of the molecule is COC12CC(=O)/C(=C(O)/C=C/c3ccccc3)C(=O)C1(OC)Cc1ccccc1O2. The molecule has 1 fully saturated rings. The Morgan fingerprint density at radius 1 is 1.00 bits per heavy atom. The zero-order chi connectivity index (χ0) is 21.4. The number of para-hydroxylation sites is 1. The summed E-state index contributed by atoms with van der Waals surface area (Å²) in [6.07, 6.45) is 2.86. The molecule has 0 spiro atoms. The maximum absolute atomic E-state index is 13.6. The van der Waals surface area contributed by atoms with Crippen LogP contribution >= 0.6 is 0 Å². The number of carbonyl (C=O) groups excluding carboxylic acids is 2. The largest absolute Gasteiger partial charge is 0.507 e. The minimum Gasteiger partial charge on any atom is -0.507 e. The van der Waals surface area contributed by atoms with E-state index in [2.05, 4.69) is 0 Å². The summed E-state index contributed by atoms with van der Waals surface area (Å²) in [5, 5.41) is 10.6. The zero-order valence-corrected chi connectivity index (χ0v) is 16.8. The first-order valence-electron chi connectivity index (χ1n) is 9.58. The van der Waals surface area contributed by atoms with Crippen LogP contribution in [0.1, 0.15) is 17.5 Å². The van der Waals surface area contributed by atoms with Gasteiger partial charge in [-0.2, -0.15) is 0 Å². The molecule has 0 aromatic heterocycles. The summed E-state index contributed by atoms with van der Waals surface area (Å²) >= 11 is 0. The molecule has 2 atom stereocenters. The number of aliphatic hydroxyl groups is 1. The van der Waals surface area contributed by atoms with Gasteiger partial charge in [0.2, 0.25) is 11.4 Å². The van der Waals surface area contributed by atoms with Gasteiger partial charge in [0.05, 0.1) is 6.42 Å². The number of methoxy groups -OCH3 is 2. The number of fused-ring (bicyclic) bond motifs is 2. The van der Waals surface area contributed by atoms with Crippen LogP contribution in [0.15, 0.2) is 72.0 Å². The average Bonchev–Trinajstić information content (AvgIpc) is 2.77. The molecule has 6 nitrogen and oxygen atoms in total. The molecule has 1 heterocycles. The molecule has 154 valence electrons. The third kappa shape index (κ3) is 2.96. The molecule has 0 saturated heterocycles. The topological polar surface area (TPSA) is 82.1 Å². The van der Waals surface area contributed by atoms with Crippen molar-refractivity contribution in [3.8, 4) is 5.75 Å². The molecule has 0 radical (unpaired) electrons. The fraction of sp³-hybridized carbons (Fsp3) is 0.250. The highest BCUT2D eigenvalue weighted by molar-refractivity contribution is 6.26. The van der Waals surface area contributed by atoms with Gasteiger partial charge < -0.3 is 19.3 Å². The van der Waals surface area contributed by atoms with E-state index >= 15 is 0 Å². The summed E-state index contributed by atoms with van der Waals surface area (Å²) in [4.78, 5) is 26.6. The molecule has 1 aliphatic heterocycles. The first-order chi connectivity index (χ1) is 14.5. The van der Waals surface area contributed by atoms with Gasteiger partial charge in [-0.05, 0) is 23.3 Å². The minimum atomic E-state index is -1.61. The van der Waals surface area contributed by atoms with Gasteiger partial charge in [0, 0.05) is 20.6 Å². The lowest BCUT2D eigenvalue weighted by Gasteiger charge is -2.52. The third-order valence-corrected chi connectivity index (χ3v) is 5.74. The van der Waals surface area contributed by atoms with Crippen molar-refractivity contribution in [3.63, 3.8) is 0 Å². The number of benzene rings is 2. The van der Waals surface area contributed by atoms with Crippen molar-refractivity contribution in [2.24, 2.45) is 0 Å². The van der Waals surface area contributed by atoms with E-state index in [-0.39, 0.29) is 18.4 Å². The van der Waals surface area contributed by atoms with Gasteiger partial charge in [-0.25, -0.2) is 0 Å². The highest BCUT2D eigenvalue weighted by atomic mass is 16.7. The van der Waals surface area contributed by atoms with E-state index in [1.165, 1.54) is 20.3 Å². The molecule has 0 bridgehead atoms. The molecule has 2 unspecified atom stereocenters. The Labute approximate surface area is 174 Å². The van der Waals surface area contributed by atoms with Crippen LogP contribution in [-0.4, -0.2) is 42.3 Å². The minimum absolute atomic E-state index is 0.152. The lowest BCUT2D eigenvalue weighted by molar-refractivity contribution is -0.278. The van der Waals surface area contributed by atoms with Crippen molar-refractivity contribution in [3.05, 3.63) is 83.1 Å². The fourth-order valence-corrected chi connectivity index (χ4v) is 4.15. The Kier molecular flexibility index (Phi) is 5.05. The van der Waals surface area contributed by atoms with Crippen molar-refractivity contribution >= 4 is 17.6 Å². The third-order valence-electron chi connectivity index (χ3n) is 5.74. The second-order valence-electron chi connectivity index (χ2n) is 7.31. The second-order valence-corrected chi connectivity index (χ2v) is 7.31. The molecule has 1 N–H and O–H groups in total. The van der Waals surface area contributed by atoms with E-state index in [1.54, 1.807) is 18.2 Å². The number of ether oxygens (including phenoxy) is 3. The van der Waals surface area contributed by atoms with Crippen LogP contribution in [0.3, 0.4) is 0 Å². The molecular formula is C24H22O6. The monoisotopic (exact) mass is 406 g/mol. The van der Waals surface area contributed by atoms with Crippen molar-refractivity contribution in [1.82, 2.24) is 0 Å². The van der Waals surface area contributed by atoms with Gasteiger partial charge in [-0.15, -0.1) is 0 Å². The second kappa shape index (κ2) is 7.55. The zero-order valence-electron chi connectivity index (χ0n) is 16.8. The van der Waals surface area contributed by atoms with E-state index in [4.69, 9.17) is 14.2 Å². The molecule has 2 aromatic carbocycles. The molecule has 2 aliphatic rings. The van der Waals surface area contributed by atoms with Gasteiger partial charge in [-0.3, -0.25) is 9.59 Å². The van der Waals surface area contributed by atoms with Crippen LogP contribution in [-0.2, 0) is 25.5 Å². The van der Waals surface area contributed by atoms with Gasteiger partial charge in [-0.1, -0.05) is 54.6 Å². The Hall–Kier alpha value is -3.22. The Balaban J connectivity index is 1.80. The lowest BCUT2D eigenvalue weighted by Crippen LogP contribution is -2.71.